The van der Waals surface area contributed by atoms with Gasteiger partial charge < -0.3 is 4.74 Å². The zero-order chi connectivity index (χ0) is 13.5. The molecule has 2 aromatic carbocycles. The number of allylic oxidation sites excluding steroid dienone is 1. The van der Waals surface area contributed by atoms with Crippen LogP contribution in [0.3, 0.4) is 0 Å². The van der Waals surface area contributed by atoms with Gasteiger partial charge in [-0.05, 0) is 40.9 Å². The molecule has 0 N–H and O–H groups in total. The van der Waals surface area contributed by atoms with E-state index in [0.29, 0.717) is 6.61 Å². The van der Waals surface area contributed by atoms with Gasteiger partial charge in [-0.2, -0.15) is 0 Å². The molecule has 0 saturated heterocycles. The molecule has 19 heavy (non-hydrogen) atoms. The summed E-state index contributed by atoms with van der Waals surface area (Å²) in [6.45, 7) is 0.516. The molecule has 0 aliphatic heterocycles. The van der Waals surface area contributed by atoms with Crippen LogP contribution in [0.5, 0.6) is 5.75 Å². The lowest BCUT2D eigenvalue weighted by atomic mass is 10.2. The molecule has 0 saturated carbocycles. The van der Waals surface area contributed by atoms with Crippen molar-refractivity contribution < 1.29 is 9.53 Å². The standard InChI is InChI=1S/C16H13ClO2/c17-16(18)10-9-13-7-4-8-15(11-13)19-12-14-5-2-1-3-6-14/h1-11H,12H2. The third-order valence-electron chi connectivity index (χ3n) is 2.51. The third-order valence-corrected chi connectivity index (χ3v) is 2.64. The van der Waals surface area contributed by atoms with Crippen LogP contribution in [-0.4, -0.2) is 5.24 Å². The van der Waals surface area contributed by atoms with Crippen molar-refractivity contribution in [3.63, 3.8) is 0 Å². The number of carbonyl (C=O) groups is 1. The van der Waals surface area contributed by atoms with Crippen LogP contribution in [0.15, 0.2) is 60.7 Å². The Bertz CT molecular complexity index is 576. The summed E-state index contributed by atoms with van der Waals surface area (Å²) in [6.07, 6.45) is 2.97. The van der Waals surface area contributed by atoms with E-state index >= 15 is 0 Å². The summed E-state index contributed by atoms with van der Waals surface area (Å²) < 4.78 is 5.69. The molecule has 0 spiro atoms. The average Bonchev–Trinajstić information content (AvgIpc) is 2.44. The lowest BCUT2D eigenvalue weighted by Gasteiger charge is -2.06. The fourth-order valence-electron chi connectivity index (χ4n) is 1.61. The SMILES string of the molecule is O=C(Cl)C=Cc1cccc(OCc2ccccc2)c1. The normalized spacial score (nSPS) is 10.6. The van der Waals surface area contributed by atoms with Crippen LogP contribution in [-0.2, 0) is 11.4 Å². The summed E-state index contributed by atoms with van der Waals surface area (Å²) in [4.78, 5) is 10.7. The molecule has 0 fully saturated rings. The molecule has 0 bridgehead atoms. The van der Waals surface area contributed by atoms with Crippen molar-refractivity contribution >= 4 is 22.9 Å². The van der Waals surface area contributed by atoms with Gasteiger partial charge in [0.2, 0.25) is 5.24 Å². The van der Waals surface area contributed by atoms with E-state index in [0.717, 1.165) is 16.9 Å². The number of carbonyl (C=O) groups excluding carboxylic acids is 1. The van der Waals surface area contributed by atoms with Crippen molar-refractivity contribution in [3.05, 3.63) is 71.8 Å². The van der Waals surface area contributed by atoms with E-state index in [1.165, 1.54) is 6.08 Å². The molecular formula is C16H13ClO2. The molecule has 0 unspecified atom stereocenters. The molecule has 2 rings (SSSR count). The first-order valence-electron chi connectivity index (χ1n) is 5.88. The van der Waals surface area contributed by atoms with Crippen LogP contribution >= 0.6 is 11.6 Å². The van der Waals surface area contributed by atoms with Crippen LogP contribution in [0.2, 0.25) is 0 Å². The predicted octanol–water partition coefficient (Wildman–Crippen LogP) is 4.04. The number of hydrogen-bond donors (Lipinski definition) is 0. The van der Waals surface area contributed by atoms with Crippen molar-refractivity contribution in [3.8, 4) is 5.75 Å². The molecule has 0 aromatic heterocycles. The Morgan fingerprint density at radius 3 is 2.63 bits per heavy atom. The third kappa shape index (κ3) is 4.60. The van der Waals surface area contributed by atoms with E-state index in [9.17, 15) is 4.79 Å². The maximum atomic E-state index is 10.7. The van der Waals surface area contributed by atoms with E-state index in [1.54, 1.807) is 6.08 Å². The number of ether oxygens (including phenoxy) is 1. The smallest absolute Gasteiger partial charge is 0.245 e. The molecular weight excluding hydrogens is 260 g/mol. The van der Waals surface area contributed by atoms with Gasteiger partial charge in [0.15, 0.2) is 0 Å². The molecule has 3 heteroatoms. The molecule has 0 radical (unpaired) electrons. The zero-order valence-corrected chi connectivity index (χ0v) is 11.0. The van der Waals surface area contributed by atoms with E-state index in [4.69, 9.17) is 16.3 Å². The molecule has 0 aliphatic carbocycles. The molecule has 0 amide bonds. The Labute approximate surface area is 117 Å². The Morgan fingerprint density at radius 1 is 1.11 bits per heavy atom. The minimum Gasteiger partial charge on any atom is -0.489 e. The molecule has 2 aromatic rings. The van der Waals surface area contributed by atoms with Gasteiger partial charge in [0, 0.05) is 0 Å². The fourth-order valence-corrected chi connectivity index (χ4v) is 1.67. The van der Waals surface area contributed by atoms with Gasteiger partial charge >= 0.3 is 0 Å². The maximum absolute atomic E-state index is 10.7. The Morgan fingerprint density at radius 2 is 1.89 bits per heavy atom. The second-order valence-corrected chi connectivity index (χ2v) is 4.36. The topological polar surface area (TPSA) is 26.3 Å². The lowest BCUT2D eigenvalue weighted by molar-refractivity contribution is -0.107. The van der Waals surface area contributed by atoms with E-state index in [2.05, 4.69) is 0 Å². The highest BCUT2D eigenvalue weighted by Gasteiger charge is 1.97. The lowest BCUT2D eigenvalue weighted by Crippen LogP contribution is -1.94. The number of benzene rings is 2. The van der Waals surface area contributed by atoms with E-state index in [-0.39, 0.29) is 0 Å². The number of rotatable bonds is 5. The Hall–Kier alpha value is -2.06. The van der Waals surface area contributed by atoms with Crippen molar-refractivity contribution in [2.45, 2.75) is 6.61 Å². The molecule has 0 aliphatic rings. The molecule has 0 heterocycles. The minimum absolute atomic E-state index is 0.490. The van der Waals surface area contributed by atoms with Gasteiger partial charge in [-0.15, -0.1) is 0 Å². The summed E-state index contributed by atoms with van der Waals surface area (Å²) in [6, 6.07) is 17.4. The summed E-state index contributed by atoms with van der Waals surface area (Å²) in [7, 11) is 0. The first-order valence-corrected chi connectivity index (χ1v) is 6.26. The first kappa shape index (κ1) is 13.4. The van der Waals surface area contributed by atoms with Gasteiger partial charge in [-0.3, -0.25) is 4.79 Å². The van der Waals surface area contributed by atoms with Crippen molar-refractivity contribution in [2.75, 3.05) is 0 Å². The number of hydrogen-bond acceptors (Lipinski definition) is 2. The number of halogens is 1. The Kier molecular flexibility index (Phi) is 4.76. The first-order chi connectivity index (χ1) is 9.24. The average molecular weight is 273 g/mol. The van der Waals surface area contributed by atoms with Crippen LogP contribution in [0.25, 0.3) is 6.08 Å². The van der Waals surface area contributed by atoms with Gasteiger partial charge in [0.1, 0.15) is 12.4 Å². The highest BCUT2D eigenvalue weighted by molar-refractivity contribution is 6.66. The second kappa shape index (κ2) is 6.76. The molecule has 2 nitrogen and oxygen atoms in total. The Balaban J connectivity index is 2.01. The predicted molar refractivity (Wildman–Crippen MR) is 77.1 cm³/mol. The van der Waals surface area contributed by atoms with E-state index in [1.807, 2.05) is 54.6 Å². The molecule has 96 valence electrons. The van der Waals surface area contributed by atoms with Crippen LogP contribution in [0.1, 0.15) is 11.1 Å². The second-order valence-electron chi connectivity index (χ2n) is 3.98. The summed E-state index contributed by atoms with van der Waals surface area (Å²) in [5.41, 5.74) is 1.99. The summed E-state index contributed by atoms with van der Waals surface area (Å²) in [5.74, 6) is 0.757. The maximum Gasteiger partial charge on any atom is 0.245 e. The van der Waals surface area contributed by atoms with Crippen LogP contribution < -0.4 is 4.74 Å². The van der Waals surface area contributed by atoms with Crippen LogP contribution in [0, 0.1) is 0 Å². The summed E-state index contributed by atoms with van der Waals surface area (Å²) in [5, 5.41) is -0.490. The quantitative estimate of drug-likeness (QED) is 0.606. The highest BCUT2D eigenvalue weighted by atomic mass is 35.5. The van der Waals surface area contributed by atoms with E-state index < -0.39 is 5.24 Å². The van der Waals surface area contributed by atoms with Gasteiger partial charge in [0.25, 0.3) is 0 Å². The van der Waals surface area contributed by atoms with Crippen molar-refractivity contribution in [2.24, 2.45) is 0 Å². The van der Waals surface area contributed by atoms with Gasteiger partial charge in [-0.25, -0.2) is 0 Å². The largest absolute Gasteiger partial charge is 0.489 e. The van der Waals surface area contributed by atoms with Crippen molar-refractivity contribution in [1.29, 1.82) is 0 Å². The zero-order valence-electron chi connectivity index (χ0n) is 10.3. The minimum atomic E-state index is -0.490. The summed E-state index contributed by atoms with van der Waals surface area (Å²) >= 11 is 5.25. The highest BCUT2D eigenvalue weighted by Crippen LogP contribution is 2.16. The fraction of sp³-hybridized carbons (Fsp3) is 0.0625. The van der Waals surface area contributed by atoms with Crippen molar-refractivity contribution in [1.82, 2.24) is 0 Å². The van der Waals surface area contributed by atoms with Gasteiger partial charge in [0.05, 0.1) is 0 Å². The van der Waals surface area contributed by atoms with Crippen LogP contribution in [0.4, 0.5) is 0 Å². The monoisotopic (exact) mass is 272 g/mol. The molecule has 0 atom stereocenters. The van der Waals surface area contributed by atoms with Gasteiger partial charge in [-0.1, -0.05) is 48.5 Å².